The summed E-state index contributed by atoms with van der Waals surface area (Å²) >= 11 is 0. The van der Waals surface area contributed by atoms with E-state index in [4.69, 9.17) is 0 Å². The van der Waals surface area contributed by atoms with Gasteiger partial charge >= 0.3 is 0 Å². The molecule has 2 aliphatic rings. The molecular formula is C11H15N3O. The second-order valence-corrected chi connectivity index (χ2v) is 4.53. The monoisotopic (exact) mass is 205 g/mol. The molecule has 0 saturated heterocycles. The Morgan fingerprint density at radius 1 is 1.53 bits per heavy atom. The molecule has 1 aromatic rings. The number of imidazole rings is 1. The van der Waals surface area contributed by atoms with Gasteiger partial charge in [0.15, 0.2) is 0 Å². The fourth-order valence-electron chi connectivity index (χ4n) is 2.19. The van der Waals surface area contributed by atoms with E-state index in [2.05, 4.69) is 4.98 Å². The Kier molecular flexibility index (Phi) is 1.84. The fourth-order valence-corrected chi connectivity index (χ4v) is 2.19. The summed E-state index contributed by atoms with van der Waals surface area (Å²) in [7, 11) is 2.00. The Labute approximate surface area is 88.9 Å². The molecule has 0 N–H and O–H groups in total. The Bertz CT molecular complexity index is 406. The molecule has 0 aromatic carbocycles. The van der Waals surface area contributed by atoms with Crippen molar-refractivity contribution in [2.24, 2.45) is 13.0 Å². The van der Waals surface area contributed by atoms with Crippen LogP contribution in [0.25, 0.3) is 0 Å². The lowest BCUT2D eigenvalue weighted by Gasteiger charge is -2.27. The van der Waals surface area contributed by atoms with E-state index in [1.807, 2.05) is 22.8 Å². The molecular weight excluding hydrogens is 190 g/mol. The van der Waals surface area contributed by atoms with Gasteiger partial charge < -0.3 is 9.47 Å². The second-order valence-electron chi connectivity index (χ2n) is 4.53. The third kappa shape index (κ3) is 1.44. The van der Waals surface area contributed by atoms with E-state index in [1.54, 1.807) is 0 Å². The fraction of sp³-hybridized carbons (Fsp3) is 0.636. The van der Waals surface area contributed by atoms with Gasteiger partial charge in [0.1, 0.15) is 0 Å². The van der Waals surface area contributed by atoms with E-state index in [0.29, 0.717) is 11.8 Å². The average Bonchev–Trinajstić information content (AvgIpc) is 3.04. The SMILES string of the molecule is Cn1cnc2c1CN(C(=O)C1CC1)CC2. The van der Waals surface area contributed by atoms with Crippen LogP contribution < -0.4 is 0 Å². The number of hydrogen-bond donors (Lipinski definition) is 0. The molecule has 4 nitrogen and oxygen atoms in total. The van der Waals surface area contributed by atoms with Gasteiger partial charge in [-0.15, -0.1) is 0 Å². The normalized spacial score (nSPS) is 20.2. The van der Waals surface area contributed by atoms with Crippen molar-refractivity contribution in [3.8, 4) is 0 Å². The molecule has 15 heavy (non-hydrogen) atoms. The first-order valence-corrected chi connectivity index (χ1v) is 5.53. The summed E-state index contributed by atoms with van der Waals surface area (Å²) in [5, 5.41) is 0. The molecule has 3 rings (SSSR count). The molecule has 1 amide bonds. The number of nitrogens with zero attached hydrogens (tertiary/aromatic N) is 3. The van der Waals surface area contributed by atoms with Crippen molar-refractivity contribution in [3.05, 3.63) is 17.7 Å². The lowest BCUT2D eigenvalue weighted by molar-refractivity contribution is -0.133. The van der Waals surface area contributed by atoms with Gasteiger partial charge in [0.05, 0.1) is 24.3 Å². The van der Waals surface area contributed by atoms with Crippen molar-refractivity contribution in [1.29, 1.82) is 0 Å². The molecule has 80 valence electrons. The van der Waals surface area contributed by atoms with Crippen LogP contribution >= 0.6 is 0 Å². The van der Waals surface area contributed by atoms with Crippen molar-refractivity contribution in [2.45, 2.75) is 25.8 Å². The Balaban J connectivity index is 1.81. The first kappa shape index (κ1) is 8.95. The second kappa shape index (κ2) is 3.08. The maximum absolute atomic E-state index is 11.9. The maximum Gasteiger partial charge on any atom is 0.226 e. The minimum Gasteiger partial charge on any atom is -0.336 e. The zero-order chi connectivity index (χ0) is 10.4. The van der Waals surface area contributed by atoms with E-state index >= 15 is 0 Å². The van der Waals surface area contributed by atoms with Gasteiger partial charge in [-0.25, -0.2) is 4.98 Å². The Morgan fingerprint density at radius 2 is 2.33 bits per heavy atom. The largest absolute Gasteiger partial charge is 0.336 e. The zero-order valence-electron chi connectivity index (χ0n) is 8.94. The molecule has 2 heterocycles. The average molecular weight is 205 g/mol. The van der Waals surface area contributed by atoms with Crippen molar-refractivity contribution in [1.82, 2.24) is 14.5 Å². The highest BCUT2D eigenvalue weighted by Gasteiger charge is 2.35. The van der Waals surface area contributed by atoms with E-state index in [0.717, 1.165) is 38.0 Å². The van der Waals surface area contributed by atoms with Gasteiger partial charge in [-0.05, 0) is 12.8 Å². The quantitative estimate of drug-likeness (QED) is 0.677. The minimum absolute atomic E-state index is 0.333. The molecule has 0 spiro atoms. The van der Waals surface area contributed by atoms with Crippen LogP contribution in [-0.4, -0.2) is 26.9 Å². The zero-order valence-corrected chi connectivity index (χ0v) is 8.94. The van der Waals surface area contributed by atoms with E-state index in [-0.39, 0.29) is 0 Å². The predicted molar refractivity (Wildman–Crippen MR) is 55.1 cm³/mol. The van der Waals surface area contributed by atoms with E-state index in [9.17, 15) is 4.79 Å². The summed E-state index contributed by atoms with van der Waals surface area (Å²) in [6, 6.07) is 0. The van der Waals surface area contributed by atoms with Crippen molar-refractivity contribution >= 4 is 5.91 Å². The van der Waals surface area contributed by atoms with E-state index < -0.39 is 0 Å². The number of aromatic nitrogens is 2. The summed E-state index contributed by atoms with van der Waals surface area (Å²) in [5.74, 6) is 0.682. The maximum atomic E-state index is 11.9. The van der Waals surface area contributed by atoms with Gasteiger partial charge in [-0.2, -0.15) is 0 Å². The summed E-state index contributed by atoms with van der Waals surface area (Å²) < 4.78 is 2.03. The van der Waals surface area contributed by atoms with Crippen molar-refractivity contribution in [2.75, 3.05) is 6.54 Å². The number of fused-ring (bicyclic) bond motifs is 1. The van der Waals surface area contributed by atoms with E-state index in [1.165, 1.54) is 5.69 Å². The predicted octanol–water partition coefficient (Wildman–Crippen LogP) is 0.715. The molecule has 0 radical (unpaired) electrons. The number of carbonyl (C=O) groups excluding carboxylic acids is 1. The summed E-state index contributed by atoms with van der Waals surface area (Å²) in [6.07, 6.45) is 4.94. The molecule has 0 atom stereocenters. The topological polar surface area (TPSA) is 38.1 Å². The van der Waals surface area contributed by atoms with Gasteiger partial charge in [0.25, 0.3) is 0 Å². The van der Waals surface area contributed by atoms with Crippen LogP contribution in [-0.2, 0) is 24.8 Å². The lowest BCUT2D eigenvalue weighted by atomic mass is 10.1. The van der Waals surface area contributed by atoms with Gasteiger partial charge in [0.2, 0.25) is 5.91 Å². The summed E-state index contributed by atoms with van der Waals surface area (Å²) in [4.78, 5) is 18.2. The number of carbonyl (C=O) groups is 1. The van der Waals surface area contributed by atoms with Crippen LogP contribution in [0.15, 0.2) is 6.33 Å². The standard InChI is InChI=1S/C11H15N3O/c1-13-7-12-9-4-5-14(6-10(9)13)11(15)8-2-3-8/h7-8H,2-6H2,1H3. The number of hydrogen-bond acceptors (Lipinski definition) is 2. The third-order valence-corrected chi connectivity index (χ3v) is 3.34. The molecule has 1 aliphatic carbocycles. The summed E-state index contributed by atoms with van der Waals surface area (Å²) in [6.45, 7) is 1.60. The highest BCUT2D eigenvalue weighted by molar-refractivity contribution is 5.81. The third-order valence-electron chi connectivity index (χ3n) is 3.34. The van der Waals surface area contributed by atoms with Crippen molar-refractivity contribution < 1.29 is 4.79 Å². The highest BCUT2D eigenvalue weighted by Crippen LogP contribution is 2.32. The first-order valence-electron chi connectivity index (χ1n) is 5.53. The van der Waals surface area contributed by atoms with Crippen LogP contribution in [0.3, 0.4) is 0 Å². The Hall–Kier alpha value is -1.32. The number of amides is 1. The van der Waals surface area contributed by atoms with Gasteiger partial charge in [-0.1, -0.05) is 0 Å². The minimum atomic E-state index is 0.333. The van der Waals surface area contributed by atoms with Crippen LogP contribution in [0.1, 0.15) is 24.2 Å². The first-order chi connectivity index (χ1) is 7.25. The lowest BCUT2D eigenvalue weighted by Crippen LogP contribution is -2.37. The molecule has 0 unspecified atom stereocenters. The van der Waals surface area contributed by atoms with Crippen LogP contribution in [0.2, 0.25) is 0 Å². The van der Waals surface area contributed by atoms with Crippen LogP contribution in [0, 0.1) is 5.92 Å². The molecule has 1 saturated carbocycles. The Morgan fingerprint density at radius 3 is 3.07 bits per heavy atom. The molecule has 1 aromatic heterocycles. The number of rotatable bonds is 1. The number of aryl methyl sites for hydroxylation is 1. The molecule has 1 fully saturated rings. The van der Waals surface area contributed by atoms with Crippen molar-refractivity contribution in [3.63, 3.8) is 0 Å². The summed E-state index contributed by atoms with van der Waals surface area (Å²) in [5.41, 5.74) is 2.37. The molecule has 1 aliphatic heterocycles. The molecule has 0 bridgehead atoms. The van der Waals surface area contributed by atoms with Gasteiger partial charge in [-0.3, -0.25) is 4.79 Å². The van der Waals surface area contributed by atoms with Crippen LogP contribution in [0.5, 0.6) is 0 Å². The smallest absolute Gasteiger partial charge is 0.226 e. The highest BCUT2D eigenvalue weighted by atomic mass is 16.2. The van der Waals surface area contributed by atoms with Crippen LogP contribution in [0.4, 0.5) is 0 Å². The molecule has 4 heteroatoms. The van der Waals surface area contributed by atoms with Gasteiger partial charge in [0, 0.05) is 25.9 Å².